The van der Waals surface area contributed by atoms with Crippen LogP contribution in [0.15, 0.2) is 41.6 Å². The Labute approximate surface area is 134 Å². The lowest BCUT2D eigenvalue weighted by Gasteiger charge is -2.48. The average Bonchev–Trinajstić information content (AvgIpc) is 2.49. The molecule has 1 fully saturated rings. The van der Waals surface area contributed by atoms with Crippen molar-refractivity contribution >= 4 is 51.0 Å². The summed E-state index contributed by atoms with van der Waals surface area (Å²) in [6.07, 6.45) is 0. The molecule has 0 aliphatic carbocycles. The summed E-state index contributed by atoms with van der Waals surface area (Å²) >= 11 is 11.1. The van der Waals surface area contributed by atoms with E-state index in [2.05, 4.69) is 15.9 Å². The molecule has 1 saturated heterocycles. The maximum atomic E-state index is 12.7. The zero-order chi connectivity index (χ0) is 14.4. The molecule has 0 N–H and O–H groups in total. The summed E-state index contributed by atoms with van der Waals surface area (Å²) < 4.78 is 0.000706. The fourth-order valence-corrected chi connectivity index (χ4v) is 4.76. The zero-order valence-corrected chi connectivity index (χ0v) is 13.7. The van der Waals surface area contributed by atoms with E-state index < -0.39 is 5.38 Å². The summed E-state index contributed by atoms with van der Waals surface area (Å²) in [4.78, 5) is 26.2. The standard InChI is InChI=1S/C14H11BrClNO2S/c1-7-10(11(18)8-5-3-2-4-6-8)17-13(19)9(16)14(17)20-12(7)15/h2-6,9,12,14H,1H3/t9-,12?,14-/m0/s1. The van der Waals surface area contributed by atoms with Gasteiger partial charge in [0, 0.05) is 5.56 Å². The van der Waals surface area contributed by atoms with Crippen LogP contribution in [0.4, 0.5) is 0 Å². The van der Waals surface area contributed by atoms with Crippen molar-refractivity contribution in [2.45, 2.75) is 21.8 Å². The highest BCUT2D eigenvalue weighted by Gasteiger charge is 2.53. The first kappa shape index (κ1) is 14.2. The highest BCUT2D eigenvalue weighted by atomic mass is 79.9. The van der Waals surface area contributed by atoms with Gasteiger partial charge in [-0.05, 0) is 12.5 Å². The Kier molecular flexibility index (Phi) is 3.69. The third kappa shape index (κ3) is 2.03. The van der Waals surface area contributed by atoms with E-state index >= 15 is 0 Å². The smallest absolute Gasteiger partial charge is 0.249 e. The molecule has 104 valence electrons. The van der Waals surface area contributed by atoms with E-state index in [1.807, 2.05) is 25.1 Å². The predicted octanol–water partition coefficient (Wildman–Crippen LogP) is 3.39. The number of β-lactam (4-membered cyclic amide) rings is 1. The first-order valence-electron chi connectivity index (χ1n) is 6.09. The van der Waals surface area contributed by atoms with Crippen molar-refractivity contribution in [1.29, 1.82) is 0 Å². The van der Waals surface area contributed by atoms with Gasteiger partial charge in [0.1, 0.15) is 10.8 Å². The van der Waals surface area contributed by atoms with E-state index in [1.165, 1.54) is 4.90 Å². The van der Waals surface area contributed by atoms with Crippen molar-refractivity contribution in [1.82, 2.24) is 4.90 Å². The maximum Gasteiger partial charge on any atom is 0.249 e. The molecule has 1 unspecified atom stereocenters. The molecule has 3 nitrogen and oxygen atoms in total. The number of rotatable bonds is 2. The van der Waals surface area contributed by atoms with Crippen LogP contribution < -0.4 is 0 Å². The van der Waals surface area contributed by atoms with E-state index in [4.69, 9.17) is 11.6 Å². The normalized spacial score (nSPS) is 29.1. The van der Waals surface area contributed by atoms with Crippen molar-refractivity contribution in [2.24, 2.45) is 0 Å². The second-order valence-corrected chi connectivity index (χ2v) is 7.90. The molecule has 0 saturated carbocycles. The molecule has 6 heteroatoms. The van der Waals surface area contributed by atoms with Gasteiger partial charge in [0.05, 0.1) is 9.86 Å². The fourth-order valence-electron chi connectivity index (χ4n) is 2.33. The van der Waals surface area contributed by atoms with Crippen LogP contribution in [0.25, 0.3) is 0 Å². The Morgan fingerprint density at radius 3 is 2.65 bits per heavy atom. The summed E-state index contributed by atoms with van der Waals surface area (Å²) in [5, 5.41) is -0.716. The van der Waals surface area contributed by atoms with Crippen molar-refractivity contribution in [2.75, 3.05) is 0 Å². The highest BCUT2D eigenvalue weighted by molar-refractivity contribution is 9.11. The van der Waals surface area contributed by atoms with Crippen LogP contribution >= 0.6 is 39.3 Å². The predicted molar refractivity (Wildman–Crippen MR) is 84.1 cm³/mol. The largest absolute Gasteiger partial charge is 0.293 e. The number of carbonyl (C=O) groups excluding carboxylic acids is 2. The van der Waals surface area contributed by atoms with Crippen molar-refractivity contribution in [3.05, 3.63) is 47.2 Å². The minimum Gasteiger partial charge on any atom is -0.293 e. The third-order valence-electron chi connectivity index (χ3n) is 3.44. The minimum absolute atomic E-state index is 0.000706. The number of alkyl halides is 2. The minimum atomic E-state index is -0.549. The molecule has 20 heavy (non-hydrogen) atoms. The lowest BCUT2D eigenvalue weighted by molar-refractivity contribution is -0.137. The van der Waals surface area contributed by atoms with Crippen LogP contribution in [0.3, 0.4) is 0 Å². The van der Waals surface area contributed by atoms with Crippen molar-refractivity contribution < 1.29 is 9.59 Å². The van der Waals surface area contributed by atoms with Gasteiger partial charge in [-0.3, -0.25) is 14.5 Å². The van der Waals surface area contributed by atoms with E-state index in [1.54, 1.807) is 23.9 Å². The number of amides is 1. The summed E-state index contributed by atoms with van der Waals surface area (Å²) in [7, 11) is 0. The number of ketones is 1. The number of hydrogen-bond donors (Lipinski definition) is 0. The maximum absolute atomic E-state index is 12.7. The van der Waals surface area contributed by atoms with Crippen molar-refractivity contribution in [3.63, 3.8) is 0 Å². The van der Waals surface area contributed by atoms with Crippen LogP contribution in [-0.2, 0) is 4.79 Å². The Balaban J connectivity index is 2.03. The lowest BCUT2D eigenvalue weighted by atomic mass is 10.0. The first-order valence-corrected chi connectivity index (χ1v) is 8.39. The average molecular weight is 373 g/mol. The van der Waals surface area contributed by atoms with Gasteiger partial charge in [-0.2, -0.15) is 0 Å². The van der Waals surface area contributed by atoms with E-state index in [0.29, 0.717) is 11.3 Å². The number of benzene rings is 1. The molecule has 0 aromatic heterocycles. The third-order valence-corrected chi connectivity index (χ3v) is 6.71. The molecule has 1 aromatic carbocycles. The molecule has 2 heterocycles. The molecule has 0 spiro atoms. The van der Waals surface area contributed by atoms with E-state index in [0.717, 1.165) is 5.57 Å². The molecular weight excluding hydrogens is 362 g/mol. The van der Waals surface area contributed by atoms with Crippen LogP contribution in [0, 0.1) is 0 Å². The molecular formula is C14H11BrClNO2S. The van der Waals surface area contributed by atoms with Gasteiger partial charge in [0.2, 0.25) is 11.7 Å². The number of Topliss-reactive ketones (excluding diaryl/α,β-unsaturated/α-hetero) is 1. The molecule has 0 radical (unpaired) electrons. The Morgan fingerprint density at radius 1 is 1.35 bits per heavy atom. The number of nitrogens with zero attached hydrogens (tertiary/aromatic N) is 1. The van der Waals surface area contributed by atoms with Gasteiger partial charge >= 0.3 is 0 Å². The quantitative estimate of drug-likeness (QED) is 0.454. The van der Waals surface area contributed by atoms with Crippen LogP contribution in [0.2, 0.25) is 0 Å². The number of hydrogen-bond acceptors (Lipinski definition) is 3. The molecule has 3 rings (SSSR count). The topological polar surface area (TPSA) is 37.4 Å². The number of thioether (sulfide) groups is 1. The van der Waals surface area contributed by atoms with E-state index in [-0.39, 0.29) is 21.2 Å². The highest BCUT2D eigenvalue weighted by Crippen LogP contribution is 2.48. The van der Waals surface area contributed by atoms with Gasteiger partial charge in [0.25, 0.3) is 0 Å². The Morgan fingerprint density at radius 2 is 2.00 bits per heavy atom. The molecule has 1 aromatic rings. The number of allylic oxidation sites excluding steroid dienone is 1. The first-order chi connectivity index (χ1) is 9.52. The van der Waals surface area contributed by atoms with Gasteiger partial charge in [-0.25, -0.2) is 0 Å². The van der Waals surface area contributed by atoms with Gasteiger partial charge in [0.15, 0.2) is 0 Å². The number of carbonyl (C=O) groups is 2. The van der Waals surface area contributed by atoms with E-state index in [9.17, 15) is 9.59 Å². The van der Waals surface area contributed by atoms with Gasteiger partial charge < -0.3 is 0 Å². The summed E-state index contributed by atoms with van der Waals surface area (Å²) in [6, 6.07) is 8.99. The Bertz CT molecular complexity index is 619. The lowest BCUT2D eigenvalue weighted by Crippen LogP contribution is -2.63. The Hall–Kier alpha value is -0.780. The van der Waals surface area contributed by atoms with Crippen LogP contribution in [0.1, 0.15) is 17.3 Å². The van der Waals surface area contributed by atoms with Crippen LogP contribution in [0.5, 0.6) is 0 Å². The summed E-state index contributed by atoms with van der Waals surface area (Å²) in [5.74, 6) is -0.322. The van der Waals surface area contributed by atoms with Gasteiger partial charge in [-0.15, -0.1) is 23.4 Å². The SMILES string of the molecule is CC1=C(C(=O)c2ccccc2)N2C(=O)[C@H](Cl)[C@@H]2SC1Br. The second kappa shape index (κ2) is 5.20. The molecule has 2 aliphatic heterocycles. The molecule has 2 aliphatic rings. The monoisotopic (exact) mass is 371 g/mol. The number of halogens is 2. The van der Waals surface area contributed by atoms with Gasteiger partial charge in [-0.1, -0.05) is 46.3 Å². The molecule has 1 amide bonds. The fraction of sp³-hybridized carbons (Fsp3) is 0.286. The zero-order valence-electron chi connectivity index (χ0n) is 10.5. The van der Waals surface area contributed by atoms with Crippen molar-refractivity contribution in [3.8, 4) is 0 Å². The second-order valence-electron chi connectivity index (χ2n) is 4.68. The molecule has 3 atom stereocenters. The summed E-state index contributed by atoms with van der Waals surface area (Å²) in [6.45, 7) is 1.87. The van der Waals surface area contributed by atoms with Crippen LogP contribution in [-0.4, -0.2) is 31.5 Å². The summed E-state index contributed by atoms with van der Waals surface area (Å²) in [5.41, 5.74) is 1.90. The molecule has 0 bridgehead atoms. The number of fused-ring (bicyclic) bond motifs is 1.